The Balaban J connectivity index is 1.57. The zero-order chi connectivity index (χ0) is 28.6. The summed E-state index contributed by atoms with van der Waals surface area (Å²) in [5, 5.41) is 2.97. The molecule has 0 aliphatic carbocycles. The summed E-state index contributed by atoms with van der Waals surface area (Å²) in [6.07, 6.45) is 3.33. The fourth-order valence-corrected chi connectivity index (χ4v) is 4.19. The van der Waals surface area contributed by atoms with E-state index in [9.17, 15) is 4.79 Å². The largest absolute Gasteiger partial charge is 0.493 e. The highest BCUT2D eigenvalue weighted by Gasteiger charge is 2.17. The first kappa shape index (κ1) is 31.0. The van der Waals surface area contributed by atoms with Gasteiger partial charge in [0.2, 0.25) is 5.91 Å². The number of unbranched alkanes of at least 4 members (excludes halogenated alkanes) is 1. The topological polar surface area (TPSA) is 86.0 Å². The molecule has 3 rings (SSSR count). The van der Waals surface area contributed by atoms with Crippen LogP contribution in [0.5, 0.6) is 17.2 Å². The van der Waals surface area contributed by atoms with Crippen molar-refractivity contribution in [3.05, 3.63) is 83.9 Å². The molecule has 1 atom stereocenters. The van der Waals surface area contributed by atoms with Gasteiger partial charge in [0.05, 0.1) is 24.9 Å². The van der Waals surface area contributed by atoms with Gasteiger partial charge in [-0.3, -0.25) is 4.79 Å². The predicted molar refractivity (Wildman–Crippen MR) is 162 cm³/mol. The van der Waals surface area contributed by atoms with E-state index in [1.165, 1.54) is 0 Å². The molecule has 0 spiro atoms. The normalized spacial score (nSPS) is 11.7. The van der Waals surface area contributed by atoms with Crippen molar-refractivity contribution < 1.29 is 19.0 Å². The van der Waals surface area contributed by atoms with Crippen LogP contribution in [0.15, 0.2) is 72.8 Å². The second-order valence-electron chi connectivity index (χ2n) is 9.81. The van der Waals surface area contributed by atoms with Crippen molar-refractivity contribution >= 4 is 11.6 Å². The Morgan fingerprint density at radius 2 is 1.52 bits per heavy atom. The van der Waals surface area contributed by atoms with E-state index in [-0.39, 0.29) is 5.91 Å². The van der Waals surface area contributed by atoms with Gasteiger partial charge in [-0.05, 0) is 67.7 Å². The number of anilines is 1. The predicted octanol–water partition coefficient (Wildman–Crippen LogP) is 6.06. The average molecular weight is 548 g/mol. The molecule has 0 bridgehead atoms. The van der Waals surface area contributed by atoms with Crippen LogP contribution in [0.25, 0.3) is 0 Å². The fraction of sp³-hybridized carbons (Fsp3) is 0.424. The molecule has 0 fully saturated rings. The number of rotatable bonds is 18. The molecule has 0 aromatic heterocycles. The number of nitrogens with two attached hydrogens (primary N) is 1. The molecule has 1 amide bonds. The van der Waals surface area contributed by atoms with E-state index in [4.69, 9.17) is 19.9 Å². The Hall–Kier alpha value is -3.55. The van der Waals surface area contributed by atoms with Gasteiger partial charge >= 0.3 is 0 Å². The maximum Gasteiger partial charge on any atom is 0.241 e. The van der Waals surface area contributed by atoms with E-state index >= 15 is 0 Å². The SMILES string of the molecule is CCCCOc1ccc(NC(=O)[C@H](N)Cc2ccc(OCc3ccccc3)cc2)c(OCCCN(CC)CC)c1. The number of amides is 1. The van der Waals surface area contributed by atoms with Gasteiger partial charge in [-0.1, -0.05) is 69.7 Å². The molecule has 3 N–H and O–H groups in total. The number of nitrogens with one attached hydrogen (secondary N) is 1. The Morgan fingerprint density at radius 1 is 0.825 bits per heavy atom. The number of carbonyl (C=O) groups is 1. The number of nitrogens with zero attached hydrogens (tertiary/aromatic N) is 1. The summed E-state index contributed by atoms with van der Waals surface area (Å²) < 4.78 is 17.8. The summed E-state index contributed by atoms with van der Waals surface area (Å²) in [6, 6.07) is 22.5. The lowest BCUT2D eigenvalue weighted by Gasteiger charge is -2.19. The monoisotopic (exact) mass is 547 g/mol. The van der Waals surface area contributed by atoms with Gasteiger partial charge in [-0.25, -0.2) is 0 Å². The van der Waals surface area contributed by atoms with Crippen LogP contribution in [0.3, 0.4) is 0 Å². The van der Waals surface area contributed by atoms with E-state index in [0.717, 1.165) is 61.5 Å². The summed E-state index contributed by atoms with van der Waals surface area (Å²) >= 11 is 0. The minimum absolute atomic E-state index is 0.267. The fourth-order valence-electron chi connectivity index (χ4n) is 4.19. The first-order valence-electron chi connectivity index (χ1n) is 14.5. The van der Waals surface area contributed by atoms with Gasteiger partial charge in [-0.15, -0.1) is 0 Å². The number of carbonyl (C=O) groups excluding carboxylic acids is 1. The molecule has 0 saturated carbocycles. The number of hydrogen-bond acceptors (Lipinski definition) is 6. The van der Waals surface area contributed by atoms with Crippen LogP contribution in [0.4, 0.5) is 5.69 Å². The van der Waals surface area contributed by atoms with Crippen molar-refractivity contribution in [2.45, 2.75) is 59.1 Å². The van der Waals surface area contributed by atoms with Crippen molar-refractivity contribution in [1.29, 1.82) is 0 Å². The highest BCUT2D eigenvalue weighted by molar-refractivity contribution is 5.96. The van der Waals surface area contributed by atoms with Crippen LogP contribution in [-0.4, -0.2) is 49.7 Å². The molecule has 0 heterocycles. The Morgan fingerprint density at radius 3 is 2.23 bits per heavy atom. The van der Waals surface area contributed by atoms with Gasteiger partial charge in [-0.2, -0.15) is 0 Å². The van der Waals surface area contributed by atoms with Crippen LogP contribution >= 0.6 is 0 Å². The first-order valence-corrected chi connectivity index (χ1v) is 14.5. The summed E-state index contributed by atoms with van der Waals surface area (Å²) in [5.41, 5.74) is 8.97. The van der Waals surface area contributed by atoms with Crippen molar-refractivity contribution in [2.24, 2.45) is 5.73 Å². The molecule has 216 valence electrons. The molecule has 0 aliphatic heterocycles. The number of benzene rings is 3. The van der Waals surface area contributed by atoms with E-state index in [2.05, 4.69) is 31.0 Å². The number of hydrogen-bond donors (Lipinski definition) is 2. The van der Waals surface area contributed by atoms with Crippen LogP contribution in [0, 0.1) is 0 Å². The summed E-state index contributed by atoms with van der Waals surface area (Å²) in [5.74, 6) is 1.82. The molecule has 0 unspecified atom stereocenters. The highest BCUT2D eigenvalue weighted by atomic mass is 16.5. The van der Waals surface area contributed by atoms with E-state index in [1.807, 2.05) is 72.8 Å². The minimum atomic E-state index is -0.716. The maximum absolute atomic E-state index is 13.0. The van der Waals surface area contributed by atoms with Gasteiger partial charge < -0.3 is 30.2 Å². The lowest BCUT2D eigenvalue weighted by Crippen LogP contribution is -2.37. The van der Waals surface area contributed by atoms with Gasteiger partial charge in [0.25, 0.3) is 0 Å². The molecular weight excluding hydrogens is 502 g/mol. The standard InChI is InChI=1S/C33H45N3O4/c1-4-7-21-38-29-18-19-31(32(24-29)39-22-11-20-36(5-2)6-3)35-33(37)30(34)23-26-14-16-28(17-15-26)40-25-27-12-9-8-10-13-27/h8-10,12-19,24,30H,4-7,11,20-23,25,34H2,1-3H3,(H,35,37)/t30-/m1/s1. The third-order valence-electron chi connectivity index (χ3n) is 6.71. The molecule has 0 radical (unpaired) electrons. The average Bonchev–Trinajstić information content (AvgIpc) is 2.98. The van der Waals surface area contributed by atoms with Crippen LogP contribution in [0.2, 0.25) is 0 Å². The van der Waals surface area contributed by atoms with E-state index < -0.39 is 6.04 Å². The maximum atomic E-state index is 13.0. The van der Waals surface area contributed by atoms with Crippen molar-refractivity contribution in [2.75, 3.05) is 38.2 Å². The lowest BCUT2D eigenvalue weighted by atomic mass is 10.1. The summed E-state index contributed by atoms with van der Waals surface area (Å²) in [6.45, 7) is 11.1. The highest BCUT2D eigenvalue weighted by Crippen LogP contribution is 2.30. The molecule has 40 heavy (non-hydrogen) atoms. The van der Waals surface area contributed by atoms with Crippen molar-refractivity contribution in [3.63, 3.8) is 0 Å². The third kappa shape index (κ3) is 10.5. The van der Waals surface area contributed by atoms with E-state index in [0.29, 0.717) is 37.7 Å². The molecule has 7 nitrogen and oxygen atoms in total. The summed E-state index contributed by atoms with van der Waals surface area (Å²) in [4.78, 5) is 15.4. The van der Waals surface area contributed by atoms with Crippen molar-refractivity contribution in [1.82, 2.24) is 4.90 Å². The molecule has 3 aromatic rings. The molecule has 3 aromatic carbocycles. The third-order valence-corrected chi connectivity index (χ3v) is 6.71. The molecule has 0 aliphatic rings. The van der Waals surface area contributed by atoms with Gasteiger partial charge in [0.1, 0.15) is 23.9 Å². The Bertz CT molecular complexity index is 1130. The Labute approximate surface area is 239 Å². The van der Waals surface area contributed by atoms with Crippen LogP contribution < -0.4 is 25.3 Å². The molecular formula is C33H45N3O4. The quantitative estimate of drug-likeness (QED) is 0.188. The van der Waals surface area contributed by atoms with E-state index in [1.54, 1.807) is 0 Å². The molecule has 7 heteroatoms. The van der Waals surface area contributed by atoms with Crippen LogP contribution in [-0.2, 0) is 17.8 Å². The lowest BCUT2D eigenvalue weighted by molar-refractivity contribution is -0.117. The zero-order valence-electron chi connectivity index (χ0n) is 24.2. The second-order valence-corrected chi connectivity index (χ2v) is 9.81. The van der Waals surface area contributed by atoms with Gasteiger partial charge in [0, 0.05) is 12.6 Å². The zero-order valence-corrected chi connectivity index (χ0v) is 24.2. The summed E-state index contributed by atoms with van der Waals surface area (Å²) in [7, 11) is 0. The smallest absolute Gasteiger partial charge is 0.241 e. The van der Waals surface area contributed by atoms with Gasteiger partial charge in [0.15, 0.2) is 0 Å². The Kier molecular flexibility index (Phi) is 13.3. The van der Waals surface area contributed by atoms with Crippen LogP contribution in [0.1, 0.15) is 51.2 Å². The number of ether oxygens (including phenoxy) is 3. The van der Waals surface area contributed by atoms with Crippen molar-refractivity contribution in [3.8, 4) is 17.2 Å². The first-order chi connectivity index (χ1) is 19.5. The minimum Gasteiger partial charge on any atom is -0.493 e. The molecule has 0 saturated heterocycles. The second kappa shape index (κ2) is 17.2.